The number of pyridine rings is 1. The van der Waals surface area contributed by atoms with E-state index in [4.69, 9.17) is 4.74 Å². The number of ether oxygens (including phenoxy) is 1. The fraction of sp³-hybridized carbons (Fsp3) is 0.368. The van der Waals surface area contributed by atoms with Crippen molar-refractivity contribution < 1.29 is 9.53 Å². The van der Waals surface area contributed by atoms with E-state index >= 15 is 0 Å². The van der Waals surface area contributed by atoms with Gasteiger partial charge >= 0.3 is 0 Å². The number of fused-ring (bicyclic) bond motifs is 1. The van der Waals surface area contributed by atoms with Gasteiger partial charge in [0.05, 0.1) is 28.1 Å². The van der Waals surface area contributed by atoms with E-state index in [1.54, 1.807) is 13.3 Å². The Morgan fingerprint density at radius 1 is 1.37 bits per heavy atom. The maximum absolute atomic E-state index is 13.1. The van der Waals surface area contributed by atoms with Gasteiger partial charge in [0.15, 0.2) is 5.69 Å². The van der Waals surface area contributed by atoms with Gasteiger partial charge in [-0.2, -0.15) is 0 Å². The van der Waals surface area contributed by atoms with Crippen LogP contribution in [0.5, 0.6) is 0 Å². The third-order valence-electron chi connectivity index (χ3n) is 4.75. The molecule has 7 nitrogen and oxygen atoms in total. The number of hydrogen-bond acceptors (Lipinski definition) is 7. The molecule has 3 aromatic heterocycles. The molecule has 1 aliphatic rings. The van der Waals surface area contributed by atoms with E-state index in [0.717, 1.165) is 22.3 Å². The summed E-state index contributed by atoms with van der Waals surface area (Å²) in [6.07, 6.45) is 2.70. The second-order valence-corrected chi connectivity index (χ2v) is 7.47. The minimum absolute atomic E-state index is 0.0714. The Kier molecular flexibility index (Phi) is 5.00. The molecule has 4 heterocycles. The number of aromatic nitrogens is 3. The maximum Gasteiger partial charge on any atom is 0.274 e. The minimum Gasteiger partial charge on any atom is -0.380 e. The highest BCUT2D eigenvalue weighted by molar-refractivity contribution is 7.17. The number of carbonyl (C=O) groups excluding carboxylic acids is 1. The van der Waals surface area contributed by atoms with E-state index in [0.29, 0.717) is 24.7 Å². The monoisotopic (exact) mass is 383 g/mol. The lowest BCUT2D eigenvalue weighted by Crippen LogP contribution is -2.31. The molecule has 0 unspecified atom stereocenters. The zero-order valence-corrected chi connectivity index (χ0v) is 16.1. The minimum atomic E-state index is -0.0742. The SMILES string of the molecule is CO[C@@H]1CCN(C(=O)c2nc(N[C@@H](C)c3ccccn3)nc3ccsc23)C1. The predicted molar refractivity (Wildman–Crippen MR) is 105 cm³/mol. The van der Waals surface area contributed by atoms with Crippen LogP contribution in [0.2, 0.25) is 0 Å². The normalized spacial score (nSPS) is 18.0. The first kappa shape index (κ1) is 17.8. The molecule has 27 heavy (non-hydrogen) atoms. The lowest BCUT2D eigenvalue weighted by molar-refractivity contribution is 0.0721. The van der Waals surface area contributed by atoms with Gasteiger partial charge in [-0.25, -0.2) is 9.97 Å². The number of nitrogens with zero attached hydrogens (tertiary/aromatic N) is 4. The van der Waals surface area contributed by atoms with Crippen molar-refractivity contribution in [1.29, 1.82) is 0 Å². The highest BCUT2D eigenvalue weighted by Gasteiger charge is 2.29. The molecule has 0 saturated carbocycles. The van der Waals surface area contributed by atoms with Crippen LogP contribution in [0.4, 0.5) is 5.95 Å². The van der Waals surface area contributed by atoms with Gasteiger partial charge in [-0.15, -0.1) is 11.3 Å². The van der Waals surface area contributed by atoms with E-state index in [1.165, 1.54) is 11.3 Å². The molecule has 1 fully saturated rings. The highest BCUT2D eigenvalue weighted by Crippen LogP contribution is 2.27. The van der Waals surface area contributed by atoms with Gasteiger partial charge in [-0.3, -0.25) is 9.78 Å². The number of nitrogens with one attached hydrogen (secondary N) is 1. The van der Waals surface area contributed by atoms with Crippen molar-refractivity contribution in [2.75, 3.05) is 25.5 Å². The first-order valence-corrected chi connectivity index (χ1v) is 9.78. The molecule has 1 N–H and O–H groups in total. The zero-order valence-electron chi connectivity index (χ0n) is 15.3. The average Bonchev–Trinajstić information content (AvgIpc) is 3.36. The topological polar surface area (TPSA) is 80.2 Å². The van der Waals surface area contributed by atoms with Crippen LogP contribution in [0.25, 0.3) is 10.2 Å². The quantitative estimate of drug-likeness (QED) is 0.729. The lowest BCUT2D eigenvalue weighted by atomic mass is 10.2. The molecule has 1 aliphatic heterocycles. The Balaban J connectivity index is 1.63. The maximum atomic E-state index is 13.1. The first-order chi connectivity index (χ1) is 13.2. The van der Waals surface area contributed by atoms with E-state index in [-0.39, 0.29) is 18.1 Å². The Morgan fingerprint density at radius 3 is 3.00 bits per heavy atom. The molecule has 2 atom stereocenters. The zero-order chi connectivity index (χ0) is 18.8. The molecule has 8 heteroatoms. The van der Waals surface area contributed by atoms with E-state index in [1.807, 2.05) is 41.5 Å². The highest BCUT2D eigenvalue weighted by atomic mass is 32.1. The van der Waals surface area contributed by atoms with Crippen molar-refractivity contribution in [2.45, 2.75) is 25.5 Å². The van der Waals surface area contributed by atoms with Gasteiger partial charge < -0.3 is 15.0 Å². The van der Waals surface area contributed by atoms with Gasteiger partial charge in [-0.1, -0.05) is 6.07 Å². The number of thiophene rings is 1. The van der Waals surface area contributed by atoms with Crippen LogP contribution < -0.4 is 5.32 Å². The number of hydrogen-bond donors (Lipinski definition) is 1. The van der Waals surface area contributed by atoms with Crippen LogP contribution in [-0.4, -0.2) is 52.1 Å². The molecule has 1 amide bonds. The van der Waals surface area contributed by atoms with Gasteiger partial charge in [0.25, 0.3) is 5.91 Å². The van der Waals surface area contributed by atoms with E-state index in [2.05, 4.69) is 20.3 Å². The summed E-state index contributed by atoms with van der Waals surface area (Å²) in [6, 6.07) is 7.61. The Bertz CT molecular complexity index is 946. The van der Waals surface area contributed by atoms with Crippen LogP contribution in [0.15, 0.2) is 35.8 Å². The Hall–Kier alpha value is -2.58. The van der Waals surface area contributed by atoms with Crippen LogP contribution in [-0.2, 0) is 4.74 Å². The summed E-state index contributed by atoms with van der Waals surface area (Å²) in [7, 11) is 1.68. The molecule has 4 rings (SSSR count). The smallest absolute Gasteiger partial charge is 0.274 e. The number of anilines is 1. The average molecular weight is 383 g/mol. The largest absolute Gasteiger partial charge is 0.380 e. The van der Waals surface area contributed by atoms with Crippen LogP contribution >= 0.6 is 11.3 Å². The van der Waals surface area contributed by atoms with Crippen LogP contribution in [0, 0.1) is 0 Å². The summed E-state index contributed by atoms with van der Waals surface area (Å²) >= 11 is 1.49. The van der Waals surface area contributed by atoms with Gasteiger partial charge in [0, 0.05) is 26.4 Å². The molecule has 0 spiro atoms. The van der Waals surface area contributed by atoms with E-state index in [9.17, 15) is 4.79 Å². The summed E-state index contributed by atoms with van der Waals surface area (Å²) in [4.78, 5) is 28.4. The third-order valence-corrected chi connectivity index (χ3v) is 5.66. The standard InChI is InChI=1S/C19H21N5O2S/c1-12(14-5-3-4-8-20-14)21-19-22-15-7-10-27-17(15)16(23-19)18(25)24-9-6-13(11-24)26-2/h3-5,7-8,10,12-13H,6,9,11H2,1-2H3,(H,21,22,23)/t12-,13+/m0/s1. The van der Waals surface area contributed by atoms with Gasteiger partial charge in [0.2, 0.25) is 5.95 Å². The fourth-order valence-electron chi connectivity index (χ4n) is 3.23. The number of amides is 1. The van der Waals surface area contributed by atoms with Crippen molar-refractivity contribution >= 4 is 33.4 Å². The molecular formula is C19H21N5O2S. The van der Waals surface area contributed by atoms with E-state index < -0.39 is 0 Å². The predicted octanol–water partition coefficient (Wildman–Crippen LogP) is 3.12. The summed E-state index contributed by atoms with van der Waals surface area (Å²) in [6.45, 7) is 3.27. The fourth-order valence-corrected chi connectivity index (χ4v) is 4.04. The molecule has 140 valence electrons. The first-order valence-electron chi connectivity index (χ1n) is 8.90. The molecule has 0 bridgehead atoms. The van der Waals surface area contributed by atoms with Crippen molar-refractivity contribution in [1.82, 2.24) is 19.9 Å². The molecular weight excluding hydrogens is 362 g/mol. The van der Waals surface area contributed by atoms with Crippen molar-refractivity contribution in [3.05, 3.63) is 47.2 Å². The van der Waals surface area contributed by atoms with Crippen molar-refractivity contribution in [3.63, 3.8) is 0 Å². The Labute approximate surface area is 161 Å². The molecule has 0 aliphatic carbocycles. The molecule has 3 aromatic rings. The van der Waals surface area contributed by atoms with Crippen LogP contribution in [0.3, 0.4) is 0 Å². The summed E-state index contributed by atoms with van der Waals surface area (Å²) in [5.41, 5.74) is 2.11. The van der Waals surface area contributed by atoms with Crippen LogP contribution in [0.1, 0.15) is 35.6 Å². The summed E-state index contributed by atoms with van der Waals surface area (Å²) < 4.78 is 6.20. The molecule has 1 saturated heterocycles. The number of carbonyl (C=O) groups is 1. The van der Waals surface area contributed by atoms with Gasteiger partial charge in [0.1, 0.15) is 0 Å². The van der Waals surface area contributed by atoms with Gasteiger partial charge in [-0.05, 0) is 36.9 Å². The molecule has 0 radical (unpaired) electrons. The number of methoxy groups -OCH3 is 1. The van der Waals surface area contributed by atoms with Crippen molar-refractivity contribution in [2.24, 2.45) is 0 Å². The summed E-state index contributed by atoms with van der Waals surface area (Å²) in [5.74, 6) is 0.364. The van der Waals surface area contributed by atoms with Crippen molar-refractivity contribution in [3.8, 4) is 0 Å². The lowest BCUT2D eigenvalue weighted by Gasteiger charge is -2.17. The second kappa shape index (κ2) is 7.58. The third kappa shape index (κ3) is 3.63. The number of likely N-dealkylation sites (tertiary alicyclic amines) is 1. The molecule has 0 aromatic carbocycles. The summed E-state index contributed by atoms with van der Waals surface area (Å²) in [5, 5.41) is 5.20. The number of rotatable bonds is 5. The Morgan fingerprint density at radius 2 is 2.26 bits per heavy atom. The second-order valence-electron chi connectivity index (χ2n) is 6.55.